The second-order valence-corrected chi connectivity index (χ2v) is 13.0. The molecular formula is C29H38N9O8PS. The largest absolute Gasteiger partial charge is 0.481 e. The normalized spacial score (nSPS) is 11.8. The molecule has 0 fully saturated rings. The Morgan fingerprint density at radius 1 is 0.958 bits per heavy atom. The highest BCUT2D eigenvalue weighted by molar-refractivity contribution is 7.92. The van der Waals surface area contributed by atoms with Crippen molar-refractivity contribution in [3.8, 4) is 11.4 Å². The van der Waals surface area contributed by atoms with E-state index in [1.165, 1.54) is 28.6 Å². The Labute approximate surface area is 279 Å². The Hall–Kier alpha value is -4.67. The molecule has 0 aliphatic rings. The Balaban J connectivity index is 1.50. The smallest absolute Gasteiger partial charge is 0.316 e. The molecule has 0 saturated carbocycles. The van der Waals surface area contributed by atoms with E-state index in [-0.39, 0.29) is 61.9 Å². The topological polar surface area (TPSA) is 240 Å². The van der Waals surface area contributed by atoms with E-state index < -0.39 is 32.7 Å². The number of carbonyl (C=O) groups is 3. The fraction of sp³-hybridized carbons (Fsp3) is 0.414. The van der Waals surface area contributed by atoms with Crippen molar-refractivity contribution in [2.45, 2.75) is 39.0 Å². The number of non-ortho nitro benzene ring substituents is 1. The summed E-state index contributed by atoms with van der Waals surface area (Å²) in [6, 6.07) is 12.2. The molecule has 0 aliphatic heterocycles. The third-order valence-corrected chi connectivity index (χ3v) is 9.16. The van der Waals surface area contributed by atoms with Gasteiger partial charge in [0.1, 0.15) is 5.92 Å². The number of carbonyl (C=O) groups excluding carboxylic acids is 2. The van der Waals surface area contributed by atoms with Crippen LogP contribution in [-0.2, 0) is 30.8 Å². The second-order valence-electron chi connectivity index (χ2n) is 10.7. The summed E-state index contributed by atoms with van der Waals surface area (Å²) in [5.74, 6) is -2.69. The molecule has 2 aromatic carbocycles. The summed E-state index contributed by atoms with van der Waals surface area (Å²) in [6.07, 6.45) is 1.49. The van der Waals surface area contributed by atoms with Gasteiger partial charge in [0.15, 0.2) is 5.82 Å². The van der Waals surface area contributed by atoms with Gasteiger partial charge in [-0.15, -0.1) is 20.4 Å². The molecule has 2 atom stereocenters. The molecule has 0 spiro atoms. The summed E-state index contributed by atoms with van der Waals surface area (Å²) >= 11 is 0. The van der Waals surface area contributed by atoms with Crippen LogP contribution in [0.15, 0.2) is 48.5 Å². The summed E-state index contributed by atoms with van der Waals surface area (Å²) in [6.45, 7) is 2.39. The van der Waals surface area contributed by atoms with E-state index in [1.54, 1.807) is 31.2 Å². The summed E-state index contributed by atoms with van der Waals surface area (Å²) in [4.78, 5) is 46.0. The molecule has 2 unspecified atom stereocenters. The third-order valence-electron chi connectivity index (χ3n) is 7.09. The van der Waals surface area contributed by atoms with E-state index in [0.29, 0.717) is 36.6 Å². The monoisotopic (exact) mass is 703 g/mol. The molecule has 48 heavy (non-hydrogen) atoms. The Morgan fingerprint density at radius 2 is 1.62 bits per heavy atom. The van der Waals surface area contributed by atoms with Gasteiger partial charge >= 0.3 is 5.97 Å². The van der Waals surface area contributed by atoms with Crippen molar-refractivity contribution in [3.05, 3.63) is 70.0 Å². The van der Waals surface area contributed by atoms with Crippen molar-refractivity contribution in [2.75, 3.05) is 36.2 Å². The Kier molecular flexibility index (Phi) is 14.7. The molecule has 3 aromatic rings. The predicted molar refractivity (Wildman–Crippen MR) is 179 cm³/mol. The van der Waals surface area contributed by atoms with E-state index in [2.05, 4.69) is 36.1 Å². The number of benzene rings is 2. The number of aryl methyl sites for hydroxylation is 1. The van der Waals surface area contributed by atoms with Gasteiger partial charge in [-0.05, 0) is 59.8 Å². The highest BCUT2D eigenvalue weighted by atomic mass is 32.2. The number of unbranched alkanes of at least 4 members (excludes halogenated alkanes) is 1. The van der Waals surface area contributed by atoms with Crippen LogP contribution in [0.3, 0.4) is 0 Å². The Morgan fingerprint density at radius 3 is 2.23 bits per heavy atom. The zero-order chi connectivity index (χ0) is 35.1. The minimum Gasteiger partial charge on any atom is -0.481 e. The van der Waals surface area contributed by atoms with E-state index >= 15 is 0 Å². The fourth-order valence-corrected chi connectivity index (χ4v) is 6.21. The number of aliphatic carboxylic acids is 1. The number of nitro benzene ring substituents is 1. The number of nitrogens with one attached hydrogen (secondary N) is 3. The van der Waals surface area contributed by atoms with Gasteiger partial charge in [-0.1, -0.05) is 30.7 Å². The average molecular weight is 704 g/mol. The van der Waals surface area contributed by atoms with Crippen LogP contribution in [0.1, 0.15) is 37.1 Å². The van der Waals surface area contributed by atoms with Crippen LogP contribution in [-0.4, -0.2) is 88.6 Å². The summed E-state index contributed by atoms with van der Waals surface area (Å²) in [5.41, 5.74) is 1.52. The number of sulfonamides is 1. The van der Waals surface area contributed by atoms with Crippen LogP contribution < -0.4 is 20.0 Å². The van der Waals surface area contributed by atoms with Gasteiger partial charge in [0.2, 0.25) is 27.7 Å². The van der Waals surface area contributed by atoms with E-state index in [9.17, 15) is 38.0 Å². The van der Waals surface area contributed by atoms with Gasteiger partial charge in [-0.25, -0.2) is 8.42 Å². The zero-order valence-corrected chi connectivity index (χ0v) is 28.2. The molecule has 19 heteroatoms. The quantitative estimate of drug-likeness (QED) is 0.0428. The van der Waals surface area contributed by atoms with E-state index in [1.807, 2.05) is 9.39 Å². The van der Waals surface area contributed by atoms with Crippen molar-refractivity contribution in [1.29, 1.82) is 0 Å². The van der Waals surface area contributed by atoms with Gasteiger partial charge in [-0.2, -0.15) is 0 Å². The van der Waals surface area contributed by atoms with Crippen molar-refractivity contribution < 1.29 is 32.8 Å². The number of aromatic nitrogens is 4. The molecule has 3 rings (SSSR count). The van der Waals surface area contributed by atoms with E-state index in [0.717, 1.165) is 5.56 Å². The minimum absolute atomic E-state index is 0.0160. The second kappa shape index (κ2) is 18.6. The van der Waals surface area contributed by atoms with Crippen LogP contribution in [0.25, 0.3) is 11.4 Å². The third kappa shape index (κ3) is 11.8. The van der Waals surface area contributed by atoms with Gasteiger partial charge < -0.3 is 20.8 Å². The lowest BCUT2D eigenvalue weighted by Gasteiger charge is -2.24. The molecule has 1 heterocycles. The molecule has 0 aliphatic carbocycles. The van der Waals surface area contributed by atoms with E-state index in [4.69, 9.17) is 0 Å². The molecule has 4 N–H and O–H groups in total. The number of carboxylic acid groups (broad SMARTS) is 1. The average Bonchev–Trinajstić information content (AvgIpc) is 3.06. The van der Waals surface area contributed by atoms with Crippen molar-refractivity contribution in [3.63, 3.8) is 0 Å². The first-order chi connectivity index (χ1) is 22.9. The number of rotatable bonds is 20. The van der Waals surface area contributed by atoms with Gasteiger partial charge in [0.05, 0.1) is 22.8 Å². The van der Waals surface area contributed by atoms with Crippen molar-refractivity contribution >= 4 is 48.6 Å². The van der Waals surface area contributed by atoms with Gasteiger partial charge in [0, 0.05) is 37.3 Å². The molecule has 258 valence electrons. The molecule has 17 nitrogen and oxygen atoms in total. The first-order valence-corrected chi connectivity index (χ1v) is 17.2. The highest BCUT2D eigenvalue weighted by Crippen LogP contribution is 2.22. The maximum absolute atomic E-state index is 13.4. The number of nitro groups is 1. The lowest BCUT2D eigenvalue weighted by atomic mass is 10.0. The summed E-state index contributed by atoms with van der Waals surface area (Å²) in [7, 11) is -1.90. The number of hydrogen-bond acceptors (Lipinski definition) is 12. The number of amides is 2. The maximum Gasteiger partial charge on any atom is 0.316 e. The molecule has 0 saturated heterocycles. The van der Waals surface area contributed by atoms with Crippen LogP contribution in [0.2, 0.25) is 0 Å². The first-order valence-electron chi connectivity index (χ1n) is 15.0. The molecule has 0 radical (unpaired) electrons. The first kappa shape index (κ1) is 37.8. The molecular weight excluding hydrogens is 665 g/mol. The van der Waals surface area contributed by atoms with Crippen LogP contribution in [0.5, 0.6) is 0 Å². The SMILES string of the molecule is Cc1nnc(-c2ccc(CC(=O)NCCCN(c3ccc([N+](=O)[O-])cc3)S(=O)(=O)CCNCCCCC(C(=O)O)C(=O)NP)cc2)nn1. The number of carboxylic acids is 1. The van der Waals surface area contributed by atoms with Crippen molar-refractivity contribution in [2.24, 2.45) is 5.92 Å². The lowest BCUT2D eigenvalue weighted by Crippen LogP contribution is -2.38. The zero-order valence-electron chi connectivity index (χ0n) is 26.2. The van der Waals surface area contributed by atoms with Crippen LogP contribution in [0, 0.1) is 23.0 Å². The Bertz CT molecular complexity index is 1640. The lowest BCUT2D eigenvalue weighted by molar-refractivity contribution is -0.384. The minimum atomic E-state index is -3.88. The standard InChI is InChI=1S/C29H38N9O8PS/c1-20-32-34-27(35-33-20)22-8-6-21(7-9-22)19-26(39)31-15-4-17-37(23-10-12-24(13-11-23)38(43)44)48(45,46)18-16-30-14-3-2-5-25(29(41)42)28(40)36-47/h6-13,25,30H,2-5,14-19,47H2,1H3,(H,31,39)(H,36,40)(H,41,42). The maximum atomic E-state index is 13.4. The highest BCUT2D eigenvalue weighted by Gasteiger charge is 2.25. The van der Waals surface area contributed by atoms with Crippen LogP contribution in [0.4, 0.5) is 11.4 Å². The summed E-state index contributed by atoms with van der Waals surface area (Å²) < 4.78 is 27.9. The fourth-order valence-electron chi connectivity index (χ4n) is 4.54. The number of nitrogens with zero attached hydrogens (tertiary/aromatic N) is 6. The molecule has 2 amide bonds. The molecule has 1 aromatic heterocycles. The number of hydrogen-bond donors (Lipinski definition) is 4. The number of anilines is 1. The van der Waals surface area contributed by atoms with Crippen molar-refractivity contribution in [1.82, 2.24) is 36.1 Å². The van der Waals surface area contributed by atoms with Crippen LogP contribution >= 0.6 is 9.39 Å². The van der Waals surface area contributed by atoms with Gasteiger partial charge in [0.25, 0.3) is 5.69 Å². The summed E-state index contributed by atoms with van der Waals surface area (Å²) in [5, 5.41) is 44.1. The molecule has 0 bridgehead atoms. The predicted octanol–water partition coefficient (Wildman–Crippen LogP) is 1.40. The van der Waals surface area contributed by atoms with Gasteiger partial charge in [-0.3, -0.25) is 28.8 Å².